The number of halogens is 1. The van der Waals surface area contributed by atoms with Crippen molar-refractivity contribution in [3.05, 3.63) is 58.2 Å². The lowest BCUT2D eigenvalue weighted by Gasteiger charge is -2.22. The number of pyridine rings is 1. The molecule has 0 saturated heterocycles. The van der Waals surface area contributed by atoms with E-state index in [9.17, 15) is 0 Å². The number of nitrogens with zero attached hydrogens (tertiary/aromatic N) is 2. The summed E-state index contributed by atoms with van der Waals surface area (Å²) in [6.07, 6.45) is 3.68. The first-order valence-corrected chi connectivity index (χ1v) is 8.04. The van der Waals surface area contributed by atoms with Gasteiger partial charge in [0.05, 0.1) is 0 Å². The van der Waals surface area contributed by atoms with Gasteiger partial charge in [0.15, 0.2) is 0 Å². The van der Waals surface area contributed by atoms with Crippen LogP contribution in [0.3, 0.4) is 0 Å². The van der Waals surface area contributed by atoms with Crippen LogP contribution in [-0.4, -0.2) is 18.1 Å². The topological polar surface area (TPSA) is 42.1 Å². The fraction of sp³-hybridized carbons (Fsp3) is 0.353. The first-order valence-electron chi connectivity index (χ1n) is 7.25. The van der Waals surface area contributed by atoms with Crippen molar-refractivity contribution in [3.63, 3.8) is 0 Å². The Labute approximate surface area is 135 Å². The molecule has 2 N–H and O–H groups in total. The van der Waals surface area contributed by atoms with Gasteiger partial charge in [0, 0.05) is 30.3 Å². The Hall–Kier alpha value is -1.39. The molecule has 1 heterocycles. The van der Waals surface area contributed by atoms with E-state index < -0.39 is 0 Å². The summed E-state index contributed by atoms with van der Waals surface area (Å²) < 4.78 is 1.10. The number of aromatic nitrogens is 1. The zero-order valence-corrected chi connectivity index (χ0v) is 14.2. The minimum atomic E-state index is 0.189. The lowest BCUT2D eigenvalue weighted by molar-refractivity contribution is 0.643. The van der Waals surface area contributed by atoms with E-state index in [-0.39, 0.29) is 6.04 Å². The van der Waals surface area contributed by atoms with Gasteiger partial charge in [-0.15, -0.1) is 0 Å². The quantitative estimate of drug-likeness (QED) is 0.864. The van der Waals surface area contributed by atoms with Gasteiger partial charge in [0.1, 0.15) is 5.82 Å². The highest BCUT2D eigenvalue weighted by molar-refractivity contribution is 9.10. The Balaban J connectivity index is 2.14. The highest BCUT2D eigenvalue weighted by Gasteiger charge is 2.11. The molecule has 0 aliphatic heterocycles. The molecule has 3 nitrogen and oxygen atoms in total. The third-order valence-electron chi connectivity index (χ3n) is 3.57. The molecule has 2 rings (SSSR count). The van der Waals surface area contributed by atoms with Crippen LogP contribution >= 0.6 is 15.9 Å². The van der Waals surface area contributed by atoms with Crippen LogP contribution in [-0.2, 0) is 13.0 Å². The number of hydrogen-bond donors (Lipinski definition) is 1. The van der Waals surface area contributed by atoms with Crippen molar-refractivity contribution < 1.29 is 0 Å². The Morgan fingerprint density at radius 1 is 1.24 bits per heavy atom. The van der Waals surface area contributed by atoms with Crippen molar-refractivity contribution in [2.75, 3.05) is 11.9 Å². The van der Waals surface area contributed by atoms with Crippen LogP contribution in [0.1, 0.15) is 24.5 Å². The summed E-state index contributed by atoms with van der Waals surface area (Å²) in [6.45, 7) is 2.95. The lowest BCUT2D eigenvalue weighted by Crippen LogP contribution is -2.25. The molecule has 21 heavy (non-hydrogen) atoms. The highest BCUT2D eigenvalue weighted by Crippen LogP contribution is 2.20. The summed E-state index contributed by atoms with van der Waals surface area (Å²) in [5.74, 6) is 1.02. The Kier molecular flexibility index (Phi) is 5.76. The van der Waals surface area contributed by atoms with Crippen molar-refractivity contribution >= 4 is 21.7 Å². The van der Waals surface area contributed by atoms with Crippen LogP contribution in [0.4, 0.5) is 5.82 Å². The summed E-state index contributed by atoms with van der Waals surface area (Å²) in [6, 6.07) is 12.7. The van der Waals surface area contributed by atoms with E-state index in [1.807, 2.05) is 12.3 Å². The van der Waals surface area contributed by atoms with Crippen molar-refractivity contribution in [2.45, 2.75) is 32.4 Å². The summed E-state index contributed by atoms with van der Waals surface area (Å²) in [4.78, 5) is 6.72. The van der Waals surface area contributed by atoms with Gasteiger partial charge in [-0.05, 0) is 42.2 Å². The van der Waals surface area contributed by atoms with Gasteiger partial charge in [-0.25, -0.2) is 4.98 Å². The largest absolute Gasteiger partial charge is 0.355 e. The molecule has 1 aromatic carbocycles. The molecule has 112 valence electrons. The van der Waals surface area contributed by atoms with Gasteiger partial charge in [-0.3, -0.25) is 0 Å². The molecule has 1 unspecified atom stereocenters. The molecule has 0 amide bonds. The minimum absolute atomic E-state index is 0.189. The molecular formula is C17H22BrN3. The first kappa shape index (κ1) is 16.0. The number of rotatable bonds is 6. The predicted molar refractivity (Wildman–Crippen MR) is 92.5 cm³/mol. The van der Waals surface area contributed by atoms with Crippen molar-refractivity contribution in [1.82, 2.24) is 4.98 Å². The van der Waals surface area contributed by atoms with E-state index >= 15 is 0 Å². The van der Waals surface area contributed by atoms with E-state index in [1.54, 1.807) is 0 Å². The average molecular weight is 348 g/mol. The lowest BCUT2D eigenvalue weighted by atomic mass is 10.0. The van der Waals surface area contributed by atoms with Crippen molar-refractivity contribution in [2.24, 2.45) is 5.73 Å². The normalized spacial score (nSPS) is 12.2. The van der Waals surface area contributed by atoms with Crippen LogP contribution in [0.5, 0.6) is 0 Å². The fourth-order valence-electron chi connectivity index (χ4n) is 2.30. The minimum Gasteiger partial charge on any atom is -0.355 e. The summed E-state index contributed by atoms with van der Waals surface area (Å²) in [5, 5.41) is 0. The number of anilines is 1. The van der Waals surface area contributed by atoms with Crippen LogP contribution in [0.2, 0.25) is 0 Å². The van der Waals surface area contributed by atoms with Gasteiger partial charge in [-0.1, -0.05) is 41.1 Å². The van der Waals surface area contributed by atoms with Crippen LogP contribution in [0.25, 0.3) is 0 Å². The monoisotopic (exact) mass is 347 g/mol. The van der Waals surface area contributed by atoms with Crippen LogP contribution < -0.4 is 10.6 Å². The van der Waals surface area contributed by atoms with Gasteiger partial charge >= 0.3 is 0 Å². The third-order valence-corrected chi connectivity index (χ3v) is 4.10. The van der Waals surface area contributed by atoms with Crippen molar-refractivity contribution in [1.29, 1.82) is 0 Å². The van der Waals surface area contributed by atoms with E-state index in [0.29, 0.717) is 0 Å². The molecule has 1 atom stereocenters. The average Bonchev–Trinajstić information content (AvgIpc) is 2.50. The molecule has 0 radical (unpaired) electrons. The maximum absolute atomic E-state index is 6.09. The second-order valence-electron chi connectivity index (χ2n) is 5.34. The van der Waals surface area contributed by atoms with Crippen LogP contribution in [0.15, 0.2) is 47.1 Å². The highest BCUT2D eigenvalue weighted by atomic mass is 79.9. The molecule has 0 aliphatic rings. The zero-order valence-electron chi connectivity index (χ0n) is 12.6. The van der Waals surface area contributed by atoms with E-state index in [2.05, 4.69) is 70.1 Å². The zero-order chi connectivity index (χ0) is 15.2. The number of hydrogen-bond acceptors (Lipinski definition) is 3. The molecule has 0 spiro atoms. The van der Waals surface area contributed by atoms with Gasteiger partial charge in [0.2, 0.25) is 0 Å². The summed E-state index contributed by atoms with van der Waals surface area (Å²) in [7, 11) is 2.07. The Morgan fingerprint density at radius 3 is 2.62 bits per heavy atom. The van der Waals surface area contributed by atoms with Gasteiger partial charge in [-0.2, -0.15) is 0 Å². The Bertz CT molecular complexity index is 569. The van der Waals surface area contributed by atoms with Crippen LogP contribution in [0, 0.1) is 0 Å². The molecule has 0 bridgehead atoms. The number of benzene rings is 1. The second-order valence-corrected chi connectivity index (χ2v) is 6.26. The molecule has 4 heteroatoms. The first-order chi connectivity index (χ1) is 10.1. The standard InChI is InChI=1S/C17H22BrN3/c1-3-16(19)11-14-5-4-10-20-17(14)21(2)12-13-6-8-15(18)9-7-13/h4-10,16H,3,11-12,19H2,1-2H3. The molecule has 2 aromatic rings. The molecule has 0 aliphatic carbocycles. The molecule has 1 aromatic heterocycles. The summed E-state index contributed by atoms with van der Waals surface area (Å²) in [5.41, 5.74) is 8.57. The maximum Gasteiger partial charge on any atom is 0.131 e. The molecular weight excluding hydrogens is 326 g/mol. The van der Waals surface area contributed by atoms with E-state index in [1.165, 1.54) is 11.1 Å². The SMILES string of the molecule is CCC(N)Cc1cccnc1N(C)Cc1ccc(Br)cc1. The maximum atomic E-state index is 6.09. The second kappa shape index (κ2) is 7.57. The fourth-order valence-corrected chi connectivity index (χ4v) is 2.56. The molecule has 0 saturated carbocycles. The number of nitrogens with two attached hydrogens (primary N) is 1. The molecule has 0 fully saturated rings. The van der Waals surface area contributed by atoms with E-state index in [0.717, 1.165) is 29.7 Å². The van der Waals surface area contributed by atoms with Crippen molar-refractivity contribution in [3.8, 4) is 0 Å². The predicted octanol–water partition coefficient (Wildman–Crippen LogP) is 3.76. The Morgan fingerprint density at radius 2 is 1.95 bits per heavy atom. The summed E-state index contributed by atoms with van der Waals surface area (Å²) >= 11 is 3.46. The van der Waals surface area contributed by atoms with Gasteiger partial charge < -0.3 is 10.6 Å². The van der Waals surface area contributed by atoms with E-state index in [4.69, 9.17) is 5.73 Å². The smallest absolute Gasteiger partial charge is 0.131 e. The third kappa shape index (κ3) is 4.55. The van der Waals surface area contributed by atoms with Gasteiger partial charge in [0.25, 0.3) is 0 Å².